The van der Waals surface area contributed by atoms with Gasteiger partial charge in [0.1, 0.15) is 34.2 Å². The standard InChI is InChI=1S/C18H19ClF3N3/c1-3-14-23-17(19)16(15-12(21)8-11(20)9-13(15)22)18(24-14)25-6-4-10(2)5-7-25/h8-10H,3-7H2,1-2H3. The van der Waals surface area contributed by atoms with Crippen molar-refractivity contribution in [3.05, 3.63) is 40.6 Å². The quantitative estimate of drug-likeness (QED) is 0.712. The molecule has 0 N–H and O–H groups in total. The highest BCUT2D eigenvalue weighted by atomic mass is 35.5. The minimum Gasteiger partial charge on any atom is -0.356 e. The molecule has 1 aromatic heterocycles. The van der Waals surface area contributed by atoms with Crippen molar-refractivity contribution in [2.24, 2.45) is 5.92 Å². The molecular weight excluding hydrogens is 351 g/mol. The van der Waals surface area contributed by atoms with Crippen molar-refractivity contribution >= 4 is 17.4 Å². The summed E-state index contributed by atoms with van der Waals surface area (Å²) in [5.74, 6) is -1.51. The Kier molecular flexibility index (Phi) is 5.18. The molecule has 2 heterocycles. The predicted molar refractivity (Wildman–Crippen MR) is 92.3 cm³/mol. The second-order valence-electron chi connectivity index (χ2n) is 6.40. The zero-order valence-electron chi connectivity index (χ0n) is 14.1. The zero-order chi connectivity index (χ0) is 18.1. The van der Waals surface area contributed by atoms with Crippen LogP contribution in [-0.4, -0.2) is 23.1 Å². The van der Waals surface area contributed by atoms with E-state index < -0.39 is 17.5 Å². The summed E-state index contributed by atoms with van der Waals surface area (Å²) in [6, 6.07) is 1.29. The van der Waals surface area contributed by atoms with Crippen molar-refractivity contribution in [1.82, 2.24) is 9.97 Å². The van der Waals surface area contributed by atoms with Crippen LogP contribution in [0.25, 0.3) is 11.1 Å². The Morgan fingerprint density at radius 3 is 2.24 bits per heavy atom. The Morgan fingerprint density at radius 2 is 1.68 bits per heavy atom. The first-order valence-electron chi connectivity index (χ1n) is 8.37. The number of piperidine rings is 1. The van der Waals surface area contributed by atoms with Gasteiger partial charge in [-0.3, -0.25) is 0 Å². The number of nitrogens with zero attached hydrogens (tertiary/aromatic N) is 3. The number of benzene rings is 1. The number of aryl methyl sites for hydroxylation is 1. The van der Waals surface area contributed by atoms with E-state index in [-0.39, 0.29) is 16.3 Å². The van der Waals surface area contributed by atoms with Gasteiger partial charge in [-0.15, -0.1) is 0 Å². The van der Waals surface area contributed by atoms with Gasteiger partial charge < -0.3 is 4.90 Å². The summed E-state index contributed by atoms with van der Waals surface area (Å²) in [7, 11) is 0. The van der Waals surface area contributed by atoms with Crippen LogP contribution >= 0.6 is 11.6 Å². The van der Waals surface area contributed by atoms with Gasteiger partial charge in [-0.1, -0.05) is 25.4 Å². The van der Waals surface area contributed by atoms with E-state index in [1.54, 1.807) is 0 Å². The first-order valence-corrected chi connectivity index (χ1v) is 8.74. The third kappa shape index (κ3) is 3.59. The molecule has 1 fully saturated rings. The van der Waals surface area contributed by atoms with E-state index >= 15 is 0 Å². The molecule has 1 saturated heterocycles. The van der Waals surface area contributed by atoms with E-state index in [9.17, 15) is 13.2 Å². The number of halogens is 4. The molecule has 0 bridgehead atoms. The van der Waals surface area contributed by atoms with Crippen molar-refractivity contribution in [2.75, 3.05) is 18.0 Å². The molecular formula is C18H19ClF3N3. The van der Waals surface area contributed by atoms with E-state index in [1.807, 2.05) is 11.8 Å². The van der Waals surface area contributed by atoms with Gasteiger partial charge in [0.15, 0.2) is 0 Å². The Labute approximate surface area is 149 Å². The van der Waals surface area contributed by atoms with Gasteiger partial charge in [-0.2, -0.15) is 0 Å². The van der Waals surface area contributed by atoms with E-state index in [1.165, 1.54) is 0 Å². The van der Waals surface area contributed by atoms with Crippen LogP contribution in [0.3, 0.4) is 0 Å². The molecule has 1 aromatic carbocycles. The van der Waals surface area contributed by atoms with Crippen LogP contribution in [0, 0.1) is 23.4 Å². The number of aromatic nitrogens is 2. The summed E-state index contributed by atoms with van der Waals surface area (Å²) in [6.07, 6.45) is 2.46. The van der Waals surface area contributed by atoms with Crippen LogP contribution < -0.4 is 4.90 Å². The molecule has 0 amide bonds. The normalized spacial score (nSPS) is 15.7. The summed E-state index contributed by atoms with van der Waals surface area (Å²) in [4.78, 5) is 10.6. The fourth-order valence-corrected chi connectivity index (χ4v) is 3.34. The van der Waals surface area contributed by atoms with Crippen LogP contribution in [0.1, 0.15) is 32.5 Å². The molecule has 2 aromatic rings. The van der Waals surface area contributed by atoms with Crippen LogP contribution in [0.5, 0.6) is 0 Å². The highest BCUT2D eigenvalue weighted by Crippen LogP contribution is 2.39. The summed E-state index contributed by atoms with van der Waals surface area (Å²) < 4.78 is 42.0. The summed E-state index contributed by atoms with van der Waals surface area (Å²) in [5, 5.41) is -0.0233. The molecule has 0 saturated carbocycles. The predicted octanol–water partition coefficient (Wildman–Crippen LogP) is 5.01. The van der Waals surface area contributed by atoms with Crippen molar-refractivity contribution in [1.29, 1.82) is 0 Å². The van der Waals surface area contributed by atoms with Crippen LogP contribution in [0.2, 0.25) is 5.15 Å². The van der Waals surface area contributed by atoms with Gasteiger partial charge in [0.05, 0.1) is 11.1 Å². The summed E-state index contributed by atoms with van der Waals surface area (Å²) in [6.45, 7) is 5.48. The average Bonchev–Trinajstić information content (AvgIpc) is 2.55. The van der Waals surface area contributed by atoms with Crippen molar-refractivity contribution in [2.45, 2.75) is 33.1 Å². The summed E-state index contributed by atoms with van der Waals surface area (Å²) in [5.41, 5.74) is -0.300. The highest BCUT2D eigenvalue weighted by molar-refractivity contribution is 6.32. The lowest BCUT2D eigenvalue weighted by Gasteiger charge is -2.33. The van der Waals surface area contributed by atoms with E-state index in [4.69, 9.17) is 11.6 Å². The first-order chi connectivity index (χ1) is 11.9. The number of hydrogen-bond acceptors (Lipinski definition) is 3. The third-order valence-corrected chi connectivity index (χ3v) is 4.82. The van der Waals surface area contributed by atoms with E-state index in [2.05, 4.69) is 16.9 Å². The second kappa shape index (κ2) is 7.20. The molecule has 1 aliphatic rings. The maximum absolute atomic E-state index is 14.4. The molecule has 25 heavy (non-hydrogen) atoms. The fraction of sp³-hybridized carbons (Fsp3) is 0.444. The lowest BCUT2D eigenvalue weighted by Crippen LogP contribution is -2.34. The number of hydrogen-bond donors (Lipinski definition) is 0. The monoisotopic (exact) mass is 369 g/mol. The topological polar surface area (TPSA) is 29.0 Å². The maximum atomic E-state index is 14.4. The Hall–Kier alpha value is -1.82. The van der Waals surface area contributed by atoms with Gasteiger partial charge >= 0.3 is 0 Å². The average molecular weight is 370 g/mol. The van der Waals surface area contributed by atoms with Crippen LogP contribution in [0.4, 0.5) is 19.0 Å². The van der Waals surface area contributed by atoms with E-state index in [0.29, 0.717) is 36.1 Å². The lowest BCUT2D eigenvalue weighted by atomic mass is 9.98. The van der Waals surface area contributed by atoms with Gasteiger partial charge in [-0.05, 0) is 18.8 Å². The van der Waals surface area contributed by atoms with Gasteiger partial charge in [0, 0.05) is 31.6 Å². The van der Waals surface area contributed by atoms with Crippen LogP contribution in [0.15, 0.2) is 12.1 Å². The molecule has 0 spiro atoms. The van der Waals surface area contributed by atoms with Crippen molar-refractivity contribution < 1.29 is 13.2 Å². The Bertz CT molecular complexity index is 766. The molecule has 3 rings (SSSR count). The lowest BCUT2D eigenvalue weighted by molar-refractivity contribution is 0.436. The van der Waals surface area contributed by atoms with Crippen molar-refractivity contribution in [3.8, 4) is 11.1 Å². The SMILES string of the molecule is CCc1nc(Cl)c(-c2c(F)cc(F)cc2F)c(N2CCC(C)CC2)n1. The second-order valence-corrected chi connectivity index (χ2v) is 6.75. The molecule has 134 valence electrons. The largest absolute Gasteiger partial charge is 0.356 e. The molecule has 1 aliphatic heterocycles. The molecule has 0 atom stereocenters. The van der Waals surface area contributed by atoms with Crippen LogP contribution in [-0.2, 0) is 6.42 Å². The third-order valence-electron chi connectivity index (χ3n) is 4.55. The van der Waals surface area contributed by atoms with Gasteiger partial charge in [-0.25, -0.2) is 23.1 Å². The number of rotatable bonds is 3. The zero-order valence-corrected chi connectivity index (χ0v) is 14.9. The Morgan fingerprint density at radius 1 is 1.08 bits per heavy atom. The first kappa shape index (κ1) is 18.0. The maximum Gasteiger partial charge on any atom is 0.142 e. The molecule has 7 heteroatoms. The summed E-state index contributed by atoms with van der Waals surface area (Å²) >= 11 is 6.27. The molecule has 3 nitrogen and oxygen atoms in total. The smallest absolute Gasteiger partial charge is 0.142 e. The molecule has 0 unspecified atom stereocenters. The minimum absolute atomic E-state index is 0.0233. The van der Waals surface area contributed by atoms with Gasteiger partial charge in [0.25, 0.3) is 0 Å². The molecule has 0 radical (unpaired) electrons. The number of anilines is 1. The molecule has 0 aliphatic carbocycles. The van der Waals surface area contributed by atoms with Gasteiger partial charge in [0.2, 0.25) is 0 Å². The highest BCUT2D eigenvalue weighted by Gasteiger charge is 2.27. The fourth-order valence-electron chi connectivity index (χ4n) is 3.07. The minimum atomic E-state index is -1.01. The van der Waals surface area contributed by atoms with Crippen molar-refractivity contribution in [3.63, 3.8) is 0 Å². The van der Waals surface area contributed by atoms with E-state index in [0.717, 1.165) is 25.9 Å². The Balaban J connectivity index is 2.19.